The van der Waals surface area contributed by atoms with Gasteiger partial charge in [-0.1, -0.05) is 54.6 Å². The minimum atomic E-state index is -0.179. The fraction of sp³-hybridized carbons (Fsp3) is 0.240. The highest BCUT2D eigenvalue weighted by Gasteiger charge is 2.48. The Balaban J connectivity index is 1.31. The first-order chi connectivity index (χ1) is 15.5. The quantitative estimate of drug-likeness (QED) is 0.297. The highest BCUT2D eigenvalue weighted by atomic mass is 32.2. The molecule has 1 saturated heterocycles. The summed E-state index contributed by atoms with van der Waals surface area (Å²) in [6.07, 6.45) is 1.01. The van der Waals surface area contributed by atoms with Crippen LogP contribution < -0.4 is 0 Å². The third-order valence-electron chi connectivity index (χ3n) is 7.15. The highest BCUT2D eigenvalue weighted by molar-refractivity contribution is 8.14. The Morgan fingerprint density at radius 1 is 0.781 bits per heavy atom. The van der Waals surface area contributed by atoms with Gasteiger partial charge in [0.25, 0.3) is 0 Å². The van der Waals surface area contributed by atoms with Gasteiger partial charge >= 0.3 is 0 Å². The number of nitrogens with zero attached hydrogens (tertiary/aromatic N) is 4. The summed E-state index contributed by atoms with van der Waals surface area (Å²) in [5, 5.41) is 11.2. The SMILES string of the molecule is CN1C(=S)N2CC(Cc3ccc4ccc5cccc6ccc3c4c56)CN3C(=S)N(C)S1=C23. The highest BCUT2D eigenvalue weighted by Crippen LogP contribution is 2.43. The van der Waals surface area contributed by atoms with Crippen molar-refractivity contribution in [1.29, 1.82) is 0 Å². The summed E-state index contributed by atoms with van der Waals surface area (Å²) in [5.74, 6) is 0.455. The zero-order chi connectivity index (χ0) is 21.7. The topological polar surface area (TPSA) is 13.0 Å². The van der Waals surface area contributed by atoms with E-state index in [-0.39, 0.29) is 10.9 Å². The van der Waals surface area contributed by atoms with E-state index < -0.39 is 0 Å². The van der Waals surface area contributed by atoms with Crippen LogP contribution in [0.5, 0.6) is 0 Å². The molecule has 4 aromatic carbocycles. The van der Waals surface area contributed by atoms with Crippen LogP contribution in [-0.4, -0.2) is 60.9 Å². The molecule has 3 aliphatic rings. The van der Waals surface area contributed by atoms with Crippen LogP contribution in [0.2, 0.25) is 0 Å². The average molecular weight is 475 g/mol. The van der Waals surface area contributed by atoms with E-state index in [0.29, 0.717) is 5.92 Å². The van der Waals surface area contributed by atoms with Crippen LogP contribution >= 0.6 is 35.3 Å². The minimum Gasteiger partial charge on any atom is -0.296 e. The number of hydrogen-bond donors (Lipinski definition) is 0. The van der Waals surface area contributed by atoms with Gasteiger partial charge in [0.1, 0.15) is 0 Å². The predicted octanol–water partition coefficient (Wildman–Crippen LogP) is 5.01. The van der Waals surface area contributed by atoms with Gasteiger partial charge in [-0.3, -0.25) is 18.4 Å². The summed E-state index contributed by atoms with van der Waals surface area (Å²) in [5.41, 5.74) is 1.42. The van der Waals surface area contributed by atoms with Gasteiger partial charge in [0, 0.05) is 27.2 Å². The van der Waals surface area contributed by atoms with Gasteiger partial charge in [-0.2, -0.15) is 0 Å². The van der Waals surface area contributed by atoms with Gasteiger partial charge in [0.15, 0.2) is 15.3 Å². The third-order valence-corrected chi connectivity index (χ3v) is 10.5. The first-order valence-corrected chi connectivity index (χ1v) is 12.9. The van der Waals surface area contributed by atoms with E-state index >= 15 is 0 Å². The second-order valence-corrected chi connectivity index (χ2v) is 11.7. The molecule has 1 fully saturated rings. The first-order valence-electron chi connectivity index (χ1n) is 10.9. The summed E-state index contributed by atoms with van der Waals surface area (Å²) in [6.45, 7) is 1.91. The lowest BCUT2D eigenvalue weighted by atomic mass is 9.88. The predicted molar refractivity (Wildman–Crippen MR) is 144 cm³/mol. The molecule has 32 heavy (non-hydrogen) atoms. The summed E-state index contributed by atoms with van der Waals surface area (Å²) in [6, 6.07) is 20.3. The first kappa shape index (κ1) is 19.0. The van der Waals surface area contributed by atoms with E-state index in [1.54, 1.807) is 0 Å². The molecule has 3 heterocycles. The van der Waals surface area contributed by atoms with Crippen LogP contribution in [0.15, 0.2) is 54.6 Å². The van der Waals surface area contributed by atoms with Gasteiger partial charge in [0.2, 0.25) is 0 Å². The van der Waals surface area contributed by atoms with Crippen molar-refractivity contribution >= 4 is 82.9 Å². The zero-order valence-corrected chi connectivity index (χ0v) is 20.4. The van der Waals surface area contributed by atoms with Gasteiger partial charge in [-0.05, 0) is 74.7 Å². The van der Waals surface area contributed by atoms with Crippen LogP contribution in [-0.2, 0) is 6.42 Å². The molecule has 0 N–H and O–H groups in total. The van der Waals surface area contributed by atoms with E-state index in [1.807, 2.05) is 0 Å². The Bertz CT molecular complexity index is 1460. The molecule has 0 amide bonds. The van der Waals surface area contributed by atoms with E-state index in [4.69, 9.17) is 24.4 Å². The van der Waals surface area contributed by atoms with Crippen LogP contribution in [0.4, 0.5) is 0 Å². The molecule has 0 bridgehead atoms. The summed E-state index contributed by atoms with van der Waals surface area (Å²) in [7, 11) is 4.01. The standard InChI is InChI=1S/C25H22N4S3/c1-26-23(30)28-13-15(14-29-24(31)27(2)32(26)25(28)29)12-19-9-8-18-7-6-16-4-3-5-17-10-11-20(19)22(18)21(16)17/h3-11,15H,12-14H2,1-2H3. The van der Waals surface area contributed by atoms with E-state index in [1.165, 1.54) is 43.0 Å². The van der Waals surface area contributed by atoms with Crippen LogP contribution in [0.3, 0.4) is 0 Å². The average Bonchev–Trinajstić information content (AvgIpc) is 3.21. The molecule has 7 rings (SSSR count). The Morgan fingerprint density at radius 3 is 2.00 bits per heavy atom. The van der Waals surface area contributed by atoms with Gasteiger partial charge in [0.05, 0.1) is 10.9 Å². The molecule has 0 aliphatic carbocycles. The third kappa shape index (κ3) is 2.36. The largest absolute Gasteiger partial charge is 0.296 e. The summed E-state index contributed by atoms with van der Waals surface area (Å²) >= 11 is 11.6. The van der Waals surface area contributed by atoms with Crippen LogP contribution in [0.1, 0.15) is 5.56 Å². The van der Waals surface area contributed by atoms with Gasteiger partial charge in [-0.15, -0.1) is 0 Å². The van der Waals surface area contributed by atoms with E-state index in [0.717, 1.165) is 29.7 Å². The lowest BCUT2D eigenvalue weighted by molar-refractivity contribution is 0.303. The van der Waals surface area contributed by atoms with Crippen molar-refractivity contribution in [1.82, 2.24) is 18.4 Å². The molecule has 0 atom stereocenters. The van der Waals surface area contributed by atoms with Crippen molar-refractivity contribution in [2.45, 2.75) is 6.42 Å². The molecule has 160 valence electrons. The molecule has 0 radical (unpaired) electrons. The number of rotatable bonds is 2. The Kier molecular flexibility index (Phi) is 3.88. The second kappa shape index (κ2) is 6.53. The fourth-order valence-corrected chi connectivity index (χ4v) is 8.65. The minimum absolute atomic E-state index is 0.179. The Hall–Kier alpha value is -2.48. The number of thiocarbonyl (C=S) groups is 2. The lowest BCUT2D eigenvalue weighted by Gasteiger charge is -2.39. The molecule has 7 heteroatoms. The van der Waals surface area contributed by atoms with Crippen molar-refractivity contribution in [3.8, 4) is 0 Å². The molecule has 0 unspecified atom stereocenters. The van der Waals surface area contributed by atoms with E-state index in [2.05, 4.69) is 87.1 Å². The van der Waals surface area contributed by atoms with Crippen molar-refractivity contribution in [2.75, 3.05) is 27.2 Å². The molecule has 4 nitrogen and oxygen atoms in total. The van der Waals surface area contributed by atoms with Crippen LogP contribution in [0.25, 0.3) is 32.3 Å². The van der Waals surface area contributed by atoms with Crippen LogP contribution in [0, 0.1) is 5.92 Å². The van der Waals surface area contributed by atoms with Crippen molar-refractivity contribution in [3.05, 3.63) is 60.2 Å². The molecule has 3 aliphatic heterocycles. The van der Waals surface area contributed by atoms with Crippen molar-refractivity contribution < 1.29 is 0 Å². The Morgan fingerprint density at radius 2 is 1.34 bits per heavy atom. The fourth-order valence-electron chi connectivity index (χ4n) is 5.72. The summed E-state index contributed by atoms with van der Waals surface area (Å²) in [4.78, 5) is 4.66. The number of hydrogen-bond acceptors (Lipinski definition) is 2. The van der Waals surface area contributed by atoms with Crippen molar-refractivity contribution in [3.63, 3.8) is 0 Å². The molecule has 0 saturated carbocycles. The van der Waals surface area contributed by atoms with Crippen molar-refractivity contribution in [2.24, 2.45) is 5.92 Å². The smallest absolute Gasteiger partial charge is 0.188 e. The molecular weight excluding hydrogens is 453 g/mol. The summed E-state index contributed by atoms with van der Waals surface area (Å²) < 4.78 is 4.41. The normalized spacial score (nSPS) is 19.6. The molecule has 4 aromatic rings. The second-order valence-electron chi connectivity index (χ2n) is 8.98. The maximum Gasteiger partial charge on any atom is 0.188 e. The maximum absolute atomic E-state index is 5.82. The van der Waals surface area contributed by atoms with Gasteiger partial charge < -0.3 is 0 Å². The lowest BCUT2D eigenvalue weighted by Crippen LogP contribution is -2.56. The maximum atomic E-state index is 5.82. The monoisotopic (exact) mass is 474 g/mol. The zero-order valence-electron chi connectivity index (χ0n) is 17.9. The molecular formula is C25H22N4S3. The Labute approximate surface area is 200 Å². The van der Waals surface area contributed by atoms with E-state index in [9.17, 15) is 0 Å². The molecule has 0 aromatic heterocycles. The van der Waals surface area contributed by atoms with Gasteiger partial charge in [-0.25, -0.2) is 0 Å². The molecule has 0 spiro atoms. The number of benzene rings is 4.